The number of carbonyl (C=O) groups excluding carboxylic acids is 2. The summed E-state index contributed by atoms with van der Waals surface area (Å²) in [5.41, 5.74) is 0. The second-order valence-corrected chi connectivity index (χ2v) is 22.2. The van der Waals surface area contributed by atoms with Gasteiger partial charge in [0.25, 0.3) is 0 Å². The van der Waals surface area contributed by atoms with Crippen molar-refractivity contribution in [2.75, 3.05) is 13.2 Å². The minimum Gasteiger partial charge on any atom is -0.454 e. The Morgan fingerprint density at radius 1 is 0.513 bits per heavy atom. The van der Waals surface area contributed by atoms with E-state index >= 15 is 0 Å². The Bertz CT molecular complexity index is 1540. The first-order valence-corrected chi connectivity index (χ1v) is 32.2. The Kier molecular flexibility index (Phi) is 51.3. The van der Waals surface area contributed by atoms with Crippen molar-refractivity contribution in [3.8, 4) is 0 Å². The summed E-state index contributed by atoms with van der Waals surface area (Å²) < 4.78 is 17.6. The fraction of sp³-hybridized carbons (Fsp3) is 0.791. The van der Waals surface area contributed by atoms with Crippen LogP contribution in [0.4, 0.5) is 0 Å². The van der Waals surface area contributed by atoms with E-state index in [1.807, 2.05) is 6.08 Å². The molecule has 0 aromatic rings. The Balaban J connectivity index is 2.63. The number of amides is 1. The molecule has 0 radical (unpaired) electrons. The van der Waals surface area contributed by atoms with Crippen molar-refractivity contribution in [1.29, 1.82) is 0 Å². The Morgan fingerprint density at radius 3 is 1.42 bits per heavy atom. The molecule has 11 heteroatoms. The highest BCUT2D eigenvalue weighted by Crippen LogP contribution is 2.26. The van der Waals surface area contributed by atoms with Gasteiger partial charge >= 0.3 is 5.97 Å². The van der Waals surface area contributed by atoms with Crippen LogP contribution in [0, 0.1) is 0 Å². The number of hydrogen-bond acceptors (Lipinski definition) is 10. The summed E-state index contributed by atoms with van der Waals surface area (Å²) in [7, 11) is 0. The number of ether oxygens (including phenoxy) is 3. The van der Waals surface area contributed by atoms with Crippen molar-refractivity contribution in [2.24, 2.45) is 0 Å². The van der Waals surface area contributed by atoms with Crippen LogP contribution in [0.2, 0.25) is 0 Å². The molecule has 6 N–H and O–H groups in total. The van der Waals surface area contributed by atoms with E-state index in [-0.39, 0.29) is 19.4 Å². The summed E-state index contributed by atoms with van der Waals surface area (Å²) >= 11 is 0. The molecule has 8 unspecified atom stereocenters. The number of allylic oxidation sites excluding steroid dienone is 11. The molecule has 11 nitrogen and oxygen atoms in total. The van der Waals surface area contributed by atoms with Crippen molar-refractivity contribution >= 4 is 11.9 Å². The number of nitrogens with one attached hydrogen (secondary N) is 1. The number of rotatable bonds is 54. The van der Waals surface area contributed by atoms with E-state index in [4.69, 9.17) is 14.2 Å². The Hall–Kier alpha value is -2.90. The summed E-state index contributed by atoms with van der Waals surface area (Å²) in [6.45, 7) is 5.73. The smallest absolute Gasteiger partial charge is 0.306 e. The van der Waals surface area contributed by atoms with E-state index in [1.54, 1.807) is 6.08 Å². The van der Waals surface area contributed by atoms with Gasteiger partial charge in [0.15, 0.2) is 12.4 Å². The monoisotopic (exact) mass is 1100 g/mol. The van der Waals surface area contributed by atoms with Gasteiger partial charge in [-0.2, -0.15) is 0 Å². The molecule has 8 atom stereocenters. The quantitative estimate of drug-likeness (QED) is 0.0149. The molecule has 452 valence electrons. The maximum Gasteiger partial charge on any atom is 0.306 e. The zero-order valence-corrected chi connectivity index (χ0v) is 50.0. The van der Waals surface area contributed by atoms with Crippen LogP contribution in [0.5, 0.6) is 0 Å². The summed E-state index contributed by atoms with van der Waals surface area (Å²) in [6.07, 6.45) is 59.3. The average Bonchev–Trinajstić information content (AvgIpc) is 3.45. The van der Waals surface area contributed by atoms with Gasteiger partial charge in [-0.05, 0) is 89.9 Å². The first kappa shape index (κ1) is 73.1. The molecule has 1 heterocycles. The largest absolute Gasteiger partial charge is 0.454 e. The van der Waals surface area contributed by atoms with Crippen molar-refractivity contribution in [3.05, 3.63) is 72.9 Å². The van der Waals surface area contributed by atoms with Crippen LogP contribution in [0.25, 0.3) is 0 Å². The van der Waals surface area contributed by atoms with Crippen molar-refractivity contribution in [3.63, 3.8) is 0 Å². The van der Waals surface area contributed by atoms with E-state index in [2.05, 4.69) is 86.8 Å². The molecule has 78 heavy (non-hydrogen) atoms. The predicted octanol–water partition coefficient (Wildman–Crippen LogP) is 15.6. The molecule has 0 saturated carbocycles. The molecule has 0 aliphatic carbocycles. The molecule has 0 spiro atoms. The lowest BCUT2D eigenvalue weighted by molar-refractivity contribution is -0.305. The fourth-order valence-electron chi connectivity index (χ4n) is 9.71. The van der Waals surface area contributed by atoms with E-state index < -0.39 is 67.4 Å². The molecule has 1 saturated heterocycles. The molecule has 1 rings (SSSR count). The summed E-state index contributed by atoms with van der Waals surface area (Å²) in [5.74, 6) is -1.21. The van der Waals surface area contributed by atoms with Crippen LogP contribution in [-0.4, -0.2) is 99.6 Å². The van der Waals surface area contributed by atoms with Gasteiger partial charge in [-0.15, -0.1) is 0 Å². The number of aliphatic hydroxyl groups excluding tert-OH is 5. The van der Waals surface area contributed by atoms with Crippen molar-refractivity contribution < 1.29 is 49.3 Å². The standard InChI is InChI=1S/C67H119NO10/c1-4-7-10-13-16-19-22-25-27-28-29-30-31-32-33-34-35-37-40-43-46-49-52-55-62(72)78-65-64(74)63(73)61(56-69)77-67(65)76-57-58(59(70)53-50-47-44-41-38-24-21-18-15-12-9-6-3)68-66(75)60(71)54-51-48-45-42-39-36-26-23-20-17-14-11-8-5-2/h16-17,19-20,23,25-27,29-30,50,53,58-61,63-65,67,69-71,73-74H,4-15,18,21-22,24,28,31-49,51-52,54-57H2,1-3H3,(H,68,75)/b19-16-,20-17+,26-23+,27-25-,30-29-,53-50+. The number of hydrogen-bond donors (Lipinski definition) is 6. The summed E-state index contributed by atoms with van der Waals surface area (Å²) in [4.78, 5) is 26.6. The molecular weight excluding hydrogens is 979 g/mol. The van der Waals surface area contributed by atoms with Crippen LogP contribution >= 0.6 is 0 Å². The molecule has 0 aromatic carbocycles. The van der Waals surface area contributed by atoms with Gasteiger partial charge in [0, 0.05) is 6.42 Å². The highest BCUT2D eigenvalue weighted by molar-refractivity contribution is 5.80. The van der Waals surface area contributed by atoms with E-state index in [1.165, 1.54) is 135 Å². The first-order chi connectivity index (χ1) is 38.2. The number of unbranched alkanes of at least 4 members (excludes halogenated alkanes) is 31. The number of aliphatic hydroxyl groups is 5. The highest BCUT2D eigenvalue weighted by atomic mass is 16.7. The molecule has 0 bridgehead atoms. The second kappa shape index (κ2) is 54.7. The average molecular weight is 1100 g/mol. The van der Waals surface area contributed by atoms with Crippen LogP contribution in [0.3, 0.4) is 0 Å². The lowest BCUT2D eigenvalue weighted by Gasteiger charge is -2.41. The van der Waals surface area contributed by atoms with E-state index in [0.717, 1.165) is 96.3 Å². The molecule has 1 fully saturated rings. The van der Waals surface area contributed by atoms with Crippen molar-refractivity contribution in [1.82, 2.24) is 5.32 Å². The van der Waals surface area contributed by atoms with Crippen LogP contribution in [-0.2, 0) is 23.8 Å². The third-order valence-corrected chi connectivity index (χ3v) is 14.9. The summed E-state index contributed by atoms with van der Waals surface area (Å²) in [5, 5.41) is 57.0. The van der Waals surface area contributed by atoms with Crippen LogP contribution < -0.4 is 5.32 Å². The van der Waals surface area contributed by atoms with E-state index in [9.17, 15) is 35.1 Å². The normalized spacial score (nSPS) is 19.4. The molecule has 1 amide bonds. The third kappa shape index (κ3) is 42.0. The lowest BCUT2D eigenvalue weighted by Crippen LogP contribution is -2.61. The minimum atomic E-state index is -1.62. The van der Waals surface area contributed by atoms with Crippen molar-refractivity contribution in [2.45, 2.75) is 327 Å². The Morgan fingerprint density at radius 2 is 0.923 bits per heavy atom. The summed E-state index contributed by atoms with van der Waals surface area (Å²) in [6, 6.07) is -1.03. The van der Waals surface area contributed by atoms with Gasteiger partial charge in [0.2, 0.25) is 5.91 Å². The topological polar surface area (TPSA) is 175 Å². The molecule has 0 aromatic heterocycles. The van der Waals surface area contributed by atoms with Gasteiger partial charge in [0.05, 0.1) is 25.4 Å². The predicted molar refractivity (Wildman–Crippen MR) is 324 cm³/mol. The van der Waals surface area contributed by atoms with Gasteiger partial charge < -0.3 is 45.1 Å². The Labute approximate surface area is 477 Å². The van der Waals surface area contributed by atoms with E-state index in [0.29, 0.717) is 12.8 Å². The number of esters is 1. The fourth-order valence-corrected chi connectivity index (χ4v) is 9.71. The van der Waals surface area contributed by atoms with Gasteiger partial charge in [-0.1, -0.05) is 254 Å². The highest BCUT2D eigenvalue weighted by Gasteiger charge is 2.47. The molecular formula is C67H119NO10. The zero-order chi connectivity index (χ0) is 56.8. The van der Waals surface area contributed by atoms with Gasteiger partial charge in [0.1, 0.15) is 24.4 Å². The number of carbonyl (C=O) groups is 2. The second-order valence-electron chi connectivity index (χ2n) is 22.2. The molecule has 1 aliphatic rings. The zero-order valence-electron chi connectivity index (χ0n) is 50.0. The van der Waals surface area contributed by atoms with Crippen LogP contribution in [0.15, 0.2) is 72.9 Å². The SMILES string of the molecule is CCCCC/C=C\C/C=C\C/C=C\CCCCCCCCCCCCC(=O)OC1C(OCC(NC(=O)C(O)CCCCCCC/C=C/C=C/CCCCC)C(O)/C=C/CCCCCCCCCCCC)OC(CO)C(O)C1O. The lowest BCUT2D eigenvalue weighted by atomic mass is 9.99. The van der Waals surface area contributed by atoms with Crippen LogP contribution in [0.1, 0.15) is 278 Å². The minimum absolute atomic E-state index is 0.115. The first-order valence-electron chi connectivity index (χ1n) is 32.2. The third-order valence-electron chi connectivity index (χ3n) is 14.9. The molecule has 1 aliphatic heterocycles. The maximum absolute atomic E-state index is 13.4. The van der Waals surface area contributed by atoms with Gasteiger partial charge in [-0.3, -0.25) is 9.59 Å². The maximum atomic E-state index is 13.4. The van der Waals surface area contributed by atoms with Gasteiger partial charge in [-0.25, -0.2) is 0 Å².